The zero-order chi connectivity index (χ0) is 12.4. The minimum Gasteiger partial charge on any atom is -0.469 e. The molecular weight excluding hydrogens is 230 g/mol. The van der Waals surface area contributed by atoms with Gasteiger partial charge in [0.15, 0.2) is 6.79 Å². The lowest BCUT2D eigenvalue weighted by atomic mass is 10.1. The predicted octanol–water partition coefficient (Wildman–Crippen LogP) is 1.78. The van der Waals surface area contributed by atoms with E-state index in [1.54, 1.807) is 6.33 Å². The fourth-order valence-electron chi connectivity index (χ4n) is 2.34. The molecule has 1 N–H and O–H groups in total. The molecule has 3 rings (SSSR count). The van der Waals surface area contributed by atoms with Crippen molar-refractivity contribution in [1.29, 1.82) is 0 Å². The van der Waals surface area contributed by atoms with Crippen molar-refractivity contribution < 1.29 is 9.47 Å². The summed E-state index contributed by atoms with van der Waals surface area (Å²) in [4.78, 5) is 9.51. The average Bonchev–Trinajstić information content (AvgIpc) is 3.06. The summed E-state index contributed by atoms with van der Waals surface area (Å²) < 4.78 is 10.9. The van der Waals surface area contributed by atoms with Gasteiger partial charge in [-0.2, -0.15) is 0 Å². The van der Waals surface area contributed by atoms with Gasteiger partial charge in [0.25, 0.3) is 0 Å². The van der Waals surface area contributed by atoms with Crippen LogP contribution >= 0.6 is 0 Å². The van der Waals surface area contributed by atoms with Crippen LogP contribution in [0.3, 0.4) is 0 Å². The zero-order valence-electron chi connectivity index (χ0n) is 10.4. The molecule has 0 saturated carbocycles. The number of rotatable bonds is 4. The van der Waals surface area contributed by atoms with E-state index < -0.39 is 0 Å². The van der Waals surface area contributed by atoms with Crippen LogP contribution in [0.4, 0.5) is 0 Å². The summed E-state index contributed by atoms with van der Waals surface area (Å²) in [5.41, 5.74) is 2.41. The lowest BCUT2D eigenvalue weighted by Crippen LogP contribution is -2.27. The van der Waals surface area contributed by atoms with Gasteiger partial charge in [0.2, 0.25) is 0 Å². The topological polar surface area (TPSA) is 50.4 Å². The van der Waals surface area contributed by atoms with Crippen molar-refractivity contribution in [3.8, 4) is 0 Å². The molecule has 0 bridgehead atoms. The van der Waals surface area contributed by atoms with Crippen molar-refractivity contribution in [3.63, 3.8) is 0 Å². The molecule has 0 radical (unpaired) electrons. The monoisotopic (exact) mass is 247 g/mol. The van der Waals surface area contributed by atoms with Crippen molar-refractivity contribution in [2.45, 2.75) is 26.0 Å². The van der Waals surface area contributed by atoms with Gasteiger partial charge in [-0.3, -0.25) is 0 Å². The number of aromatic amines is 1. The number of aromatic nitrogens is 2. The fraction of sp³-hybridized carbons (Fsp3) is 0.462. The standard InChI is InChI=1S/C13H17N3O2/c1-2-16(7-10-6-14-8-15-10)11-3-4-12-13(5-11)18-9-17-12/h3-4,6,8,13H,2,5,7,9H2,1H3,(H,14,15). The van der Waals surface area contributed by atoms with E-state index in [2.05, 4.69) is 27.9 Å². The average molecular weight is 247 g/mol. The van der Waals surface area contributed by atoms with Gasteiger partial charge < -0.3 is 19.4 Å². The molecule has 1 saturated heterocycles. The van der Waals surface area contributed by atoms with Crippen molar-refractivity contribution >= 4 is 0 Å². The van der Waals surface area contributed by atoms with Gasteiger partial charge in [0, 0.05) is 24.9 Å². The Morgan fingerprint density at radius 1 is 1.50 bits per heavy atom. The Hall–Kier alpha value is -1.75. The first kappa shape index (κ1) is 11.3. The smallest absolute Gasteiger partial charge is 0.189 e. The normalized spacial score (nSPS) is 21.9. The number of fused-ring (bicyclic) bond motifs is 1. The molecule has 0 amide bonds. The quantitative estimate of drug-likeness (QED) is 0.881. The summed E-state index contributed by atoms with van der Waals surface area (Å²) >= 11 is 0. The molecular formula is C13H17N3O2. The van der Waals surface area contributed by atoms with Crippen LogP contribution in [0.15, 0.2) is 36.1 Å². The lowest BCUT2D eigenvalue weighted by Gasteiger charge is -2.28. The van der Waals surface area contributed by atoms with Gasteiger partial charge >= 0.3 is 0 Å². The van der Waals surface area contributed by atoms with E-state index >= 15 is 0 Å². The first-order valence-corrected chi connectivity index (χ1v) is 6.24. The lowest BCUT2D eigenvalue weighted by molar-refractivity contribution is 0.0478. The number of H-pyrrole nitrogens is 1. The number of imidazole rings is 1. The third-order valence-electron chi connectivity index (χ3n) is 3.35. The number of hydrogen-bond acceptors (Lipinski definition) is 4. The maximum atomic E-state index is 5.54. The van der Waals surface area contributed by atoms with Crippen LogP contribution in [0.2, 0.25) is 0 Å². The summed E-state index contributed by atoms with van der Waals surface area (Å²) in [6, 6.07) is 0. The first-order valence-electron chi connectivity index (χ1n) is 6.24. The summed E-state index contributed by atoms with van der Waals surface area (Å²) in [6.45, 7) is 4.34. The summed E-state index contributed by atoms with van der Waals surface area (Å²) in [5, 5.41) is 0. The molecule has 1 atom stereocenters. The second-order valence-electron chi connectivity index (χ2n) is 4.44. The molecule has 1 fully saturated rings. The zero-order valence-corrected chi connectivity index (χ0v) is 10.4. The van der Waals surface area contributed by atoms with Crippen molar-refractivity contribution in [2.75, 3.05) is 13.3 Å². The SMILES string of the molecule is CCN(Cc1cnc[nH]1)C1=CC=C2OCOC2C1. The van der Waals surface area contributed by atoms with Gasteiger partial charge in [-0.05, 0) is 19.1 Å². The Bertz CT molecular complexity index is 465. The summed E-state index contributed by atoms with van der Waals surface area (Å²) in [7, 11) is 0. The molecule has 1 aromatic heterocycles. The van der Waals surface area contributed by atoms with Gasteiger partial charge in [0.05, 0.1) is 18.6 Å². The number of nitrogens with one attached hydrogen (secondary N) is 1. The molecule has 0 aromatic carbocycles. The molecule has 1 aromatic rings. The van der Waals surface area contributed by atoms with E-state index in [9.17, 15) is 0 Å². The Morgan fingerprint density at radius 3 is 3.22 bits per heavy atom. The summed E-state index contributed by atoms with van der Waals surface area (Å²) in [6.07, 6.45) is 8.70. The second-order valence-corrected chi connectivity index (χ2v) is 4.44. The van der Waals surface area contributed by atoms with Crippen molar-refractivity contribution in [1.82, 2.24) is 14.9 Å². The van der Waals surface area contributed by atoms with Gasteiger partial charge in [-0.25, -0.2) is 4.98 Å². The maximum Gasteiger partial charge on any atom is 0.189 e. The van der Waals surface area contributed by atoms with Crippen LogP contribution in [-0.4, -0.2) is 34.3 Å². The molecule has 5 nitrogen and oxygen atoms in total. The first-order chi connectivity index (χ1) is 8.86. The van der Waals surface area contributed by atoms with Gasteiger partial charge in [-0.15, -0.1) is 0 Å². The Balaban J connectivity index is 1.72. The van der Waals surface area contributed by atoms with Crippen LogP contribution in [-0.2, 0) is 16.0 Å². The van der Waals surface area contributed by atoms with Crippen LogP contribution < -0.4 is 0 Å². The highest BCUT2D eigenvalue weighted by atomic mass is 16.7. The van der Waals surface area contributed by atoms with E-state index in [1.807, 2.05) is 12.3 Å². The van der Waals surface area contributed by atoms with Gasteiger partial charge in [0.1, 0.15) is 11.9 Å². The van der Waals surface area contributed by atoms with Gasteiger partial charge in [-0.1, -0.05) is 0 Å². The Morgan fingerprint density at radius 2 is 2.44 bits per heavy atom. The molecule has 18 heavy (non-hydrogen) atoms. The number of ether oxygens (including phenoxy) is 2. The van der Waals surface area contributed by atoms with Crippen molar-refractivity contribution in [2.24, 2.45) is 0 Å². The molecule has 2 heterocycles. The number of allylic oxidation sites excluding steroid dienone is 2. The third-order valence-corrected chi connectivity index (χ3v) is 3.35. The molecule has 5 heteroatoms. The van der Waals surface area contributed by atoms with Crippen LogP contribution in [0.1, 0.15) is 19.0 Å². The minimum atomic E-state index is 0.0980. The second kappa shape index (κ2) is 4.86. The molecule has 2 aliphatic rings. The highest BCUT2D eigenvalue weighted by Gasteiger charge is 2.28. The number of nitrogens with zero attached hydrogens (tertiary/aromatic N) is 2. The predicted molar refractivity (Wildman–Crippen MR) is 66.3 cm³/mol. The number of hydrogen-bond donors (Lipinski definition) is 1. The van der Waals surface area contributed by atoms with E-state index in [0.717, 1.165) is 31.0 Å². The summed E-state index contributed by atoms with van der Waals surface area (Å²) in [5.74, 6) is 0.955. The van der Waals surface area contributed by atoms with Crippen LogP contribution in [0.25, 0.3) is 0 Å². The fourth-order valence-corrected chi connectivity index (χ4v) is 2.34. The van der Waals surface area contributed by atoms with Crippen molar-refractivity contribution in [3.05, 3.63) is 41.8 Å². The molecule has 1 aliphatic heterocycles. The highest BCUT2D eigenvalue weighted by molar-refractivity contribution is 5.25. The Kier molecular flexibility index (Phi) is 3.06. The maximum absolute atomic E-state index is 5.54. The van der Waals surface area contributed by atoms with E-state index in [4.69, 9.17) is 9.47 Å². The highest BCUT2D eigenvalue weighted by Crippen LogP contribution is 2.29. The van der Waals surface area contributed by atoms with E-state index in [0.29, 0.717) is 6.79 Å². The minimum absolute atomic E-state index is 0.0980. The van der Waals surface area contributed by atoms with Crippen LogP contribution in [0.5, 0.6) is 0 Å². The molecule has 96 valence electrons. The third kappa shape index (κ3) is 2.13. The van der Waals surface area contributed by atoms with Crippen LogP contribution in [0, 0.1) is 0 Å². The van der Waals surface area contributed by atoms with E-state index in [1.165, 1.54) is 5.70 Å². The largest absolute Gasteiger partial charge is 0.469 e. The Labute approximate surface area is 106 Å². The van der Waals surface area contributed by atoms with E-state index in [-0.39, 0.29) is 6.10 Å². The molecule has 1 aliphatic carbocycles. The molecule has 1 unspecified atom stereocenters. The molecule has 0 spiro atoms.